The van der Waals surface area contributed by atoms with E-state index < -0.39 is 5.41 Å². The summed E-state index contributed by atoms with van der Waals surface area (Å²) >= 11 is 0. The van der Waals surface area contributed by atoms with Crippen molar-refractivity contribution in [1.29, 1.82) is 0 Å². The molecule has 0 aliphatic carbocycles. The number of hydrogen-bond donors (Lipinski definition) is 1. The lowest BCUT2D eigenvalue weighted by molar-refractivity contribution is -0.121. The van der Waals surface area contributed by atoms with Crippen molar-refractivity contribution in [3.63, 3.8) is 0 Å². The molecular weight excluding hydrogens is 374 g/mol. The Balaban J connectivity index is 1.97. The van der Waals surface area contributed by atoms with Crippen LogP contribution in [-0.2, 0) is 4.79 Å². The zero-order valence-corrected chi connectivity index (χ0v) is 18.5. The highest BCUT2D eigenvalue weighted by molar-refractivity contribution is 5.95. The average Bonchev–Trinajstić information content (AvgIpc) is 2.69. The maximum atomic E-state index is 12.6. The summed E-state index contributed by atoms with van der Waals surface area (Å²) in [4.78, 5) is 27.6. The molecule has 1 aromatic carbocycles. The molecule has 30 heavy (non-hydrogen) atoms. The average molecular weight is 404 g/mol. The second-order valence-electron chi connectivity index (χ2n) is 9.37. The Bertz CT molecular complexity index is 1070. The van der Waals surface area contributed by atoms with Crippen LogP contribution in [0.15, 0.2) is 66.5 Å². The quantitative estimate of drug-likeness (QED) is 0.436. The lowest BCUT2D eigenvalue weighted by atomic mass is 9.86. The summed E-state index contributed by atoms with van der Waals surface area (Å²) in [5.41, 5.74) is 4.42. The zero-order valence-electron chi connectivity index (χ0n) is 18.5. The molecule has 2 aromatic heterocycles. The molecule has 0 amide bonds. The lowest BCUT2D eigenvalue weighted by Gasteiger charge is -2.25. The van der Waals surface area contributed by atoms with Gasteiger partial charge in [0.25, 0.3) is 0 Å². The SMILES string of the molecule is CC(C)(C)C(=O)C=C(NOc1cc2ccccc2c(-c2ccccn2)n1)C(C)(C)C. The van der Waals surface area contributed by atoms with Crippen LogP contribution >= 0.6 is 0 Å². The fourth-order valence-corrected chi connectivity index (χ4v) is 2.78. The molecule has 0 atom stereocenters. The molecule has 0 saturated heterocycles. The Morgan fingerprint density at radius 3 is 2.30 bits per heavy atom. The number of benzene rings is 1. The van der Waals surface area contributed by atoms with E-state index in [9.17, 15) is 4.79 Å². The Kier molecular flexibility index (Phi) is 5.92. The zero-order chi connectivity index (χ0) is 21.9. The lowest BCUT2D eigenvalue weighted by Crippen LogP contribution is -2.30. The van der Waals surface area contributed by atoms with E-state index in [1.807, 2.05) is 90.1 Å². The van der Waals surface area contributed by atoms with Gasteiger partial charge in [-0.1, -0.05) is 71.9 Å². The maximum absolute atomic E-state index is 12.6. The molecule has 0 aliphatic rings. The first-order valence-electron chi connectivity index (χ1n) is 10.1. The Hall–Kier alpha value is -3.21. The third-order valence-corrected chi connectivity index (χ3v) is 4.71. The standard InChI is InChI=1S/C25H29N3O2/c1-24(2,3)20(16-21(29)25(4,5)6)28-30-22-15-17-11-7-8-12-18(17)23(27-22)19-13-9-10-14-26-19/h7-16,28H,1-6H3. The monoisotopic (exact) mass is 403 g/mol. The summed E-state index contributed by atoms with van der Waals surface area (Å²) in [5.74, 6) is 0.442. The molecule has 3 aromatic rings. The van der Waals surface area contributed by atoms with Crippen LogP contribution in [0.4, 0.5) is 0 Å². The number of carbonyl (C=O) groups excluding carboxylic acids is 1. The number of allylic oxidation sites excluding steroid dienone is 2. The van der Waals surface area contributed by atoms with E-state index in [0.717, 1.165) is 22.2 Å². The fraction of sp³-hybridized carbons (Fsp3) is 0.320. The van der Waals surface area contributed by atoms with Crippen molar-refractivity contribution >= 4 is 16.6 Å². The Labute approximate surface area is 178 Å². The number of pyridine rings is 2. The number of nitrogens with zero attached hydrogens (tertiary/aromatic N) is 2. The first-order valence-corrected chi connectivity index (χ1v) is 10.1. The van der Waals surface area contributed by atoms with Gasteiger partial charge in [0, 0.05) is 34.6 Å². The van der Waals surface area contributed by atoms with Crippen LogP contribution in [-0.4, -0.2) is 15.8 Å². The van der Waals surface area contributed by atoms with E-state index in [0.29, 0.717) is 11.6 Å². The van der Waals surface area contributed by atoms with E-state index in [4.69, 9.17) is 9.82 Å². The molecule has 1 N–H and O–H groups in total. The molecule has 0 spiro atoms. The van der Waals surface area contributed by atoms with Crippen molar-refractivity contribution in [3.8, 4) is 17.3 Å². The molecule has 0 saturated carbocycles. The molecule has 2 heterocycles. The summed E-state index contributed by atoms with van der Waals surface area (Å²) in [5, 5.41) is 2.00. The van der Waals surface area contributed by atoms with Gasteiger partial charge in [0.05, 0.1) is 11.4 Å². The predicted octanol–water partition coefficient (Wildman–Crippen LogP) is 5.73. The summed E-state index contributed by atoms with van der Waals surface area (Å²) < 4.78 is 0. The first kappa shape index (κ1) is 21.5. The third kappa shape index (κ3) is 5.03. The van der Waals surface area contributed by atoms with Gasteiger partial charge >= 0.3 is 0 Å². The van der Waals surface area contributed by atoms with Gasteiger partial charge in [-0.3, -0.25) is 9.78 Å². The van der Waals surface area contributed by atoms with Gasteiger partial charge in [0.1, 0.15) is 5.69 Å². The summed E-state index contributed by atoms with van der Waals surface area (Å²) in [7, 11) is 0. The molecule has 0 aliphatic heterocycles. The van der Waals surface area contributed by atoms with Crippen molar-refractivity contribution in [1.82, 2.24) is 15.4 Å². The van der Waals surface area contributed by atoms with Crippen molar-refractivity contribution in [3.05, 3.63) is 66.5 Å². The van der Waals surface area contributed by atoms with E-state index >= 15 is 0 Å². The largest absolute Gasteiger partial charge is 0.362 e. The fourth-order valence-electron chi connectivity index (χ4n) is 2.78. The van der Waals surface area contributed by atoms with Crippen LogP contribution in [0.25, 0.3) is 22.2 Å². The van der Waals surface area contributed by atoms with Crippen LogP contribution in [0.2, 0.25) is 0 Å². The molecule has 0 radical (unpaired) electrons. The van der Waals surface area contributed by atoms with Gasteiger partial charge in [-0.25, -0.2) is 10.5 Å². The maximum Gasteiger partial charge on any atom is 0.246 e. The van der Waals surface area contributed by atoms with Crippen LogP contribution in [0.3, 0.4) is 0 Å². The normalized spacial score (nSPS) is 12.7. The molecule has 0 bridgehead atoms. The van der Waals surface area contributed by atoms with Crippen molar-refractivity contribution < 1.29 is 9.63 Å². The molecule has 3 rings (SSSR count). The number of hydrogen-bond acceptors (Lipinski definition) is 5. The van der Waals surface area contributed by atoms with Gasteiger partial charge in [0.2, 0.25) is 5.88 Å². The minimum atomic E-state index is -0.467. The molecule has 0 unspecified atom stereocenters. The Morgan fingerprint density at radius 2 is 1.67 bits per heavy atom. The highest BCUT2D eigenvalue weighted by atomic mass is 16.7. The van der Waals surface area contributed by atoms with Crippen molar-refractivity contribution in [2.45, 2.75) is 41.5 Å². The smallest absolute Gasteiger partial charge is 0.246 e. The molecule has 0 fully saturated rings. The molecule has 5 heteroatoms. The first-order chi connectivity index (χ1) is 14.1. The van der Waals surface area contributed by atoms with Crippen LogP contribution in [0.5, 0.6) is 5.88 Å². The molecule has 5 nitrogen and oxygen atoms in total. The Morgan fingerprint density at radius 1 is 0.967 bits per heavy atom. The van der Waals surface area contributed by atoms with E-state index in [-0.39, 0.29) is 11.2 Å². The van der Waals surface area contributed by atoms with Crippen LogP contribution < -0.4 is 10.3 Å². The number of nitrogens with one attached hydrogen (secondary N) is 1. The minimum absolute atomic E-state index is 0.0316. The van der Waals surface area contributed by atoms with Gasteiger partial charge < -0.3 is 4.84 Å². The highest BCUT2D eigenvalue weighted by Crippen LogP contribution is 2.30. The topological polar surface area (TPSA) is 64.1 Å². The second kappa shape index (κ2) is 8.27. The van der Waals surface area contributed by atoms with E-state index in [1.54, 1.807) is 12.3 Å². The van der Waals surface area contributed by atoms with Crippen LogP contribution in [0, 0.1) is 10.8 Å². The molecular formula is C25H29N3O2. The van der Waals surface area contributed by atoms with E-state index in [1.165, 1.54) is 0 Å². The van der Waals surface area contributed by atoms with Crippen molar-refractivity contribution in [2.75, 3.05) is 0 Å². The van der Waals surface area contributed by atoms with Gasteiger partial charge in [-0.2, -0.15) is 0 Å². The van der Waals surface area contributed by atoms with Crippen LogP contribution in [0.1, 0.15) is 41.5 Å². The van der Waals surface area contributed by atoms with Gasteiger partial charge in [-0.05, 0) is 17.5 Å². The van der Waals surface area contributed by atoms with Gasteiger partial charge in [0.15, 0.2) is 5.78 Å². The molecule has 156 valence electrons. The van der Waals surface area contributed by atoms with Crippen molar-refractivity contribution in [2.24, 2.45) is 10.8 Å². The number of fused-ring (bicyclic) bond motifs is 1. The van der Waals surface area contributed by atoms with Gasteiger partial charge in [-0.15, -0.1) is 0 Å². The third-order valence-electron chi connectivity index (χ3n) is 4.71. The highest BCUT2D eigenvalue weighted by Gasteiger charge is 2.25. The summed E-state index contributed by atoms with van der Waals surface area (Å²) in [6.45, 7) is 11.8. The second-order valence-corrected chi connectivity index (χ2v) is 9.37. The predicted molar refractivity (Wildman–Crippen MR) is 121 cm³/mol. The number of aromatic nitrogens is 2. The van der Waals surface area contributed by atoms with E-state index in [2.05, 4.69) is 10.5 Å². The number of hydroxylamine groups is 1. The summed E-state index contributed by atoms with van der Waals surface area (Å²) in [6.07, 6.45) is 3.37. The number of rotatable bonds is 5. The minimum Gasteiger partial charge on any atom is -0.362 e. The summed E-state index contributed by atoms with van der Waals surface area (Å²) in [6, 6.07) is 15.6. The number of carbonyl (C=O) groups is 1. The number of ketones is 1.